The van der Waals surface area contributed by atoms with E-state index in [-0.39, 0.29) is 12.4 Å². The van der Waals surface area contributed by atoms with E-state index in [9.17, 15) is 8.78 Å². The van der Waals surface area contributed by atoms with Crippen LogP contribution in [0.15, 0.2) is 23.6 Å². The van der Waals surface area contributed by atoms with Crippen LogP contribution in [0.1, 0.15) is 10.7 Å². The number of thiazole rings is 1. The van der Waals surface area contributed by atoms with Crippen LogP contribution in [-0.4, -0.2) is 4.98 Å². The van der Waals surface area contributed by atoms with Gasteiger partial charge in [0.1, 0.15) is 11.6 Å². The summed E-state index contributed by atoms with van der Waals surface area (Å²) in [5.74, 6) is -1.52. The lowest BCUT2D eigenvalue weighted by Crippen LogP contribution is -1.99. The molecule has 0 saturated heterocycles. The fourth-order valence-electron chi connectivity index (χ4n) is 1.23. The van der Waals surface area contributed by atoms with Gasteiger partial charge in [0, 0.05) is 5.38 Å². The zero-order valence-corrected chi connectivity index (χ0v) is 10.2. The van der Waals surface area contributed by atoms with Crippen LogP contribution in [0, 0.1) is 11.6 Å². The van der Waals surface area contributed by atoms with Crippen LogP contribution in [0.3, 0.4) is 0 Å². The smallest absolute Gasteiger partial charge is 0.191 e. The Morgan fingerprint density at radius 3 is 2.59 bits per heavy atom. The van der Waals surface area contributed by atoms with Crippen LogP contribution < -0.4 is 4.74 Å². The summed E-state index contributed by atoms with van der Waals surface area (Å²) in [4.78, 5) is 4.12. The Balaban J connectivity index is 2.07. The van der Waals surface area contributed by atoms with Crippen LogP contribution in [0.2, 0.25) is 0 Å². The Hall–Kier alpha value is -1.20. The molecule has 6 heteroatoms. The second kappa shape index (κ2) is 5.42. The molecule has 0 aliphatic carbocycles. The molecule has 0 bridgehead atoms. The SMILES string of the molecule is Fc1cccc(F)c1OCc1nc(CCl)cs1. The zero-order valence-electron chi connectivity index (χ0n) is 8.62. The van der Waals surface area contributed by atoms with Crippen molar-refractivity contribution >= 4 is 22.9 Å². The fraction of sp³-hybridized carbons (Fsp3) is 0.182. The van der Waals surface area contributed by atoms with Gasteiger partial charge in [0.25, 0.3) is 0 Å². The maximum Gasteiger partial charge on any atom is 0.191 e. The van der Waals surface area contributed by atoms with Gasteiger partial charge in [-0.05, 0) is 12.1 Å². The molecular weight excluding hydrogens is 268 g/mol. The first kappa shape index (κ1) is 12.3. The number of benzene rings is 1. The second-order valence-electron chi connectivity index (χ2n) is 3.21. The highest BCUT2D eigenvalue weighted by atomic mass is 35.5. The summed E-state index contributed by atoms with van der Waals surface area (Å²) in [7, 11) is 0. The number of aromatic nitrogens is 1. The Morgan fingerprint density at radius 2 is 2.00 bits per heavy atom. The molecule has 0 aliphatic rings. The van der Waals surface area contributed by atoms with E-state index in [0.29, 0.717) is 10.9 Å². The molecule has 0 saturated carbocycles. The van der Waals surface area contributed by atoms with E-state index in [1.54, 1.807) is 5.38 Å². The number of para-hydroxylation sites is 1. The summed E-state index contributed by atoms with van der Waals surface area (Å²) in [6.07, 6.45) is 0. The molecule has 0 fully saturated rings. The van der Waals surface area contributed by atoms with E-state index in [2.05, 4.69) is 4.98 Å². The van der Waals surface area contributed by atoms with Crippen molar-refractivity contribution in [3.05, 3.63) is 45.9 Å². The summed E-state index contributed by atoms with van der Waals surface area (Å²) in [5.41, 5.74) is 0.726. The number of hydrogen-bond acceptors (Lipinski definition) is 3. The van der Waals surface area contributed by atoms with Crippen LogP contribution >= 0.6 is 22.9 Å². The Labute approximate surface area is 106 Å². The minimum atomic E-state index is -0.723. The van der Waals surface area contributed by atoms with Crippen LogP contribution in [0.25, 0.3) is 0 Å². The summed E-state index contributed by atoms with van der Waals surface area (Å²) in [5, 5.41) is 2.41. The van der Waals surface area contributed by atoms with Gasteiger partial charge in [0.15, 0.2) is 17.4 Å². The van der Waals surface area contributed by atoms with Gasteiger partial charge in [0.2, 0.25) is 0 Å². The second-order valence-corrected chi connectivity index (χ2v) is 4.42. The molecule has 1 aromatic heterocycles. The van der Waals surface area contributed by atoms with E-state index < -0.39 is 11.6 Å². The monoisotopic (exact) mass is 275 g/mol. The Bertz CT molecular complexity index is 498. The van der Waals surface area contributed by atoms with E-state index in [1.807, 2.05) is 0 Å². The van der Waals surface area contributed by atoms with E-state index in [4.69, 9.17) is 16.3 Å². The molecular formula is C11H8ClF2NOS. The summed E-state index contributed by atoms with van der Waals surface area (Å²) >= 11 is 6.93. The zero-order chi connectivity index (χ0) is 12.3. The standard InChI is InChI=1S/C11H8ClF2NOS/c12-4-7-6-17-10(15-7)5-16-11-8(13)2-1-3-9(11)14/h1-3,6H,4-5H2. The third-order valence-corrected chi connectivity index (χ3v) is 3.14. The number of halogens is 3. The van der Waals surface area contributed by atoms with Gasteiger partial charge in [-0.15, -0.1) is 22.9 Å². The van der Waals surface area contributed by atoms with Crippen molar-refractivity contribution in [1.82, 2.24) is 4.98 Å². The maximum atomic E-state index is 13.2. The maximum absolute atomic E-state index is 13.2. The molecule has 1 heterocycles. The number of nitrogens with zero attached hydrogens (tertiary/aromatic N) is 1. The normalized spacial score (nSPS) is 10.5. The molecule has 2 nitrogen and oxygen atoms in total. The van der Waals surface area contributed by atoms with Gasteiger partial charge in [-0.3, -0.25) is 0 Å². The largest absolute Gasteiger partial charge is 0.480 e. The van der Waals surface area contributed by atoms with Crippen molar-refractivity contribution in [1.29, 1.82) is 0 Å². The van der Waals surface area contributed by atoms with Gasteiger partial charge < -0.3 is 4.74 Å². The van der Waals surface area contributed by atoms with E-state index in [1.165, 1.54) is 17.4 Å². The van der Waals surface area contributed by atoms with Crippen LogP contribution in [0.4, 0.5) is 8.78 Å². The average Bonchev–Trinajstić information content (AvgIpc) is 2.76. The topological polar surface area (TPSA) is 22.1 Å². The van der Waals surface area contributed by atoms with Gasteiger partial charge in [0.05, 0.1) is 11.6 Å². The van der Waals surface area contributed by atoms with Gasteiger partial charge in [-0.25, -0.2) is 13.8 Å². The molecule has 0 radical (unpaired) electrons. The molecule has 1 aromatic carbocycles. The predicted octanol–water partition coefficient (Wildman–Crippen LogP) is 3.74. The van der Waals surface area contributed by atoms with Crippen molar-refractivity contribution in [2.75, 3.05) is 0 Å². The number of hydrogen-bond donors (Lipinski definition) is 0. The molecule has 0 N–H and O–H groups in total. The van der Waals surface area contributed by atoms with E-state index in [0.717, 1.165) is 17.8 Å². The minimum absolute atomic E-state index is 0.0272. The third-order valence-electron chi connectivity index (χ3n) is 2.00. The first-order valence-corrected chi connectivity index (χ1v) is 6.18. The lowest BCUT2D eigenvalue weighted by Gasteiger charge is -2.05. The van der Waals surface area contributed by atoms with Crippen molar-refractivity contribution in [3.8, 4) is 5.75 Å². The Morgan fingerprint density at radius 1 is 1.29 bits per heavy atom. The van der Waals surface area contributed by atoms with Crippen molar-refractivity contribution in [2.24, 2.45) is 0 Å². The molecule has 2 rings (SSSR count). The average molecular weight is 276 g/mol. The third kappa shape index (κ3) is 2.92. The Kier molecular flexibility index (Phi) is 3.91. The molecule has 0 aliphatic heterocycles. The number of rotatable bonds is 4. The van der Waals surface area contributed by atoms with Crippen molar-refractivity contribution in [3.63, 3.8) is 0 Å². The number of ether oxygens (including phenoxy) is 1. The quantitative estimate of drug-likeness (QED) is 0.793. The lowest BCUT2D eigenvalue weighted by molar-refractivity contribution is 0.273. The highest BCUT2D eigenvalue weighted by Crippen LogP contribution is 2.22. The molecule has 2 aromatic rings. The van der Waals surface area contributed by atoms with Gasteiger partial charge in [-0.1, -0.05) is 6.07 Å². The highest BCUT2D eigenvalue weighted by molar-refractivity contribution is 7.09. The first-order chi connectivity index (χ1) is 8.20. The van der Waals surface area contributed by atoms with Crippen LogP contribution in [0.5, 0.6) is 5.75 Å². The fourth-order valence-corrected chi connectivity index (χ4v) is 2.16. The molecule has 0 atom stereocenters. The molecule has 0 unspecified atom stereocenters. The van der Waals surface area contributed by atoms with Crippen molar-refractivity contribution in [2.45, 2.75) is 12.5 Å². The molecule has 0 amide bonds. The predicted molar refractivity (Wildman–Crippen MR) is 62.4 cm³/mol. The summed E-state index contributed by atoms with van der Waals surface area (Å²) in [6.45, 7) is 0.0272. The first-order valence-electron chi connectivity index (χ1n) is 4.76. The number of alkyl halides is 1. The van der Waals surface area contributed by atoms with E-state index >= 15 is 0 Å². The lowest BCUT2D eigenvalue weighted by atomic mass is 10.3. The minimum Gasteiger partial charge on any atom is -0.480 e. The van der Waals surface area contributed by atoms with Crippen molar-refractivity contribution < 1.29 is 13.5 Å². The summed E-state index contributed by atoms with van der Waals surface area (Å²) in [6, 6.07) is 3.57. The van der Waals surface area contributed by atoms with Gasteiger partial charge >= 0.3 is 0 Å². The van der Waals surface area contributed by atoms with Crippen LogP contribution in [-0.2, 0) is 12.5 Å². The highest BCUT2D eigenvalue weighted by Gasteiger charge is 2.10. The summed E-state index contributed by atoms with van der Waals surface area (Å²) < 4.78 is 31.5. The van der Waals surface area contributed by atoms with Gasteiger partial charge in [-0.2, -0.15) is 0 Å². The molecule has 90 valence electrons. The molecule has 17 heavy (non-hydrogen) atoms. The molecule has 0 spiro atoms.